The number of thiophene rings is 1. The van der Waals surface area contributed by atoms with Crippen LogP contribution < -0.4 is 5.32 Å². The van der Waals surface area contributed by atoms with E-state index in [1.165, 1.54) is 21.0 Å². The Morgan fingerprint density at radius 2 is 1.79 bits per heavy atom. The van der Waals surface area contributed by atoms with Crippen molar-refractivity contribution in [3.63, 3.8) is 0 Å². The van der Waals surface area contributed by atoms with Gasteiger partial charge in [0.15, 0.2) is 0 Å². The fraction of sp³-hybridized carbons (Fsp3) is 0.379. The molecule has 1 aliphatic rings. The zero-order valence-electron chi connectivity index (χ0n) is 19.8. The molecule has 5 rings (SSSR count). The molecule has 5 heteroatoms. The average Bonchev–Trinajstić information content (AvgIpc) is 3.62. The van der Waals surface area contributed by atoms with E-state index in [1.807, 2.05) is 12.1 Å². The second-order valence-electron chi connectivity index (χ2n) is 10.1. The average molecular weight is 494 g/mol. The zero-order valence-corrected chi connectivity index (χ0v) is 21.3. The van der Waals surface area contributed by atoms with Crippen molar-refractivity contribution in [1.82, 2.24) is 5.32 Å². The molecule has 1 saturated carbocycles. The Morgan fingerprint density at radius 3 is 2.56 bits per heavy atom. The normalized spacial score (nSPS) is 16.2. The third-order valence-electron chi connectivity index (χ3n) is 6.61. The fourth-order valence-corrected chi connectivity index (χ4v) is 6.31. The number of halogens is 1. The molecule has 1 heterocycles. The Labute approximate surface area is 210 Å². The Bertz CT molecular complexity index is 1280. The van der Waals surface area contributed by atoms with E-state index >= 15 is 0 Å². The highest BCUT2D eigenvalue weighted by Gasteiger charge is 2.36. The van der Waals surface area contributed by atoms with E-state index in [9.17, 15) is 5.11 Å². The van der Waals surface area contributed by atoms with E-state index in [1.54, 1.807) is 11.3 Å². The van der Waals surface area contributed by atoms with E-state index in [2.05, 4.69) is 73.8 Å². The van der Waals surface area contributed by atoms with Gasteiger partial charge in [-0.05, 0) is 61.4 Å². The quantitative estimate of drug-likeness (QED) is 0.246. The van der Waals surface area contributed by atoms with Crippen molar-refractivity contribution in [3.05, 3.63) is 82.2 Å². The van der Waals surface area contributed by atoms with Gasteiger partial charge in [0, 0.05) is 22.2 Å². The van der Waals surface area contributed by atoms with E-state index in [-0.39, 0.29) is 11.6 Å². The number of aliphatic hydroxyl groups is 1. The van der Waals surface area contributed by atoms with Crippen LogP contribution in [-0.2, 0) is 11.2 Å². The maximum Gasteiger partial charge on any atom is 0.0961 e. The van der Waals surface area contributed by atoms with Crippen LogP contribution in [0.2, 0.25) is 5.02 Å². The van der Waals surface area contributed by atoms with Gasteiger partial charge in [-0.15, -0.1) is 11.3 Å². The van der Waals surface area contributed by atoms with E-state index in [4.69, 9.17) is 16.3 Å². The molecule has 0 aliphatic heterocycles. The molecule has 2 atom stereocenters. The molecule has 1 aliphatic carbocycles. The first-order valence-electron chi connectivity index (χ1n) is 12.1. The summed E-state index contributed by atoms with van der Waals surface area (Å²) in [4.78, 5) is 1.10. The monoisotopic (exact) mass is 493 g/mol. The van der Waals surface area contributed by atoms with Crippen molar-refractivity contribution in [2.24, 2.45) is 5.92 Å². The summed E-state index contributed by atoms with van der Waals surface area (Å²) < 4.78 is 7.48. The first kappa shape index (κ1) is 23.8. The summed E-state index contributed by atoms with van der Waals surface area (Å²) in [5.74, 6) is 0.495. The Hall–Kier alpha value is -1.95. The minimum absolute atomic E-state index is 0.0369. The van der Waals surface area contributed by atoms with Gasteiger partial charge in [-0.3, -0.25) is 0 Å². The second kappa shape index (κ2) is 9.96. The summed E-state index contributed by atoms with van der Waals surface area (Å²) in [6, 6.07) is 23.3. The molecular weight excluding hydrogens is 462 g/mol. The van der Waals surface area contributed by atoms with Gasteiger partial charge < -0.3 is 15.2 Å². The van der Waals surface area contributed by atoms with Crippen molar-refractivity contribution in [3.8, 4) is 0 Å². The van der Waals surface area contributed by atoms with Crippen LogP contribution in [-0.4, -0.2) is 29.9 Å². The minimum atomic E-state index is -0.578. The molecule has 0 radical (unpaired) electrons. The Balaban J connectivity index is 1.17. The van der Waals surface area contributed by atoms with Crippen LogP contribution in [0.15, 0.2) is 66.7 Å². The van der Waals surface area contributed by atoms with Gasteiger partial charge in [-0.2, -0.15) is 0 Å². The van der Waals surface area contributed by atoms with Crippen LogP contribution in [0.5, 0.6) is 0 Å². The van der Waals surface area contributed by atoms with Crippen molar-refractivity contribution in [2.75, 3.05) is 13.2 Å². The van der Waals surface area contributed by atoms with Gasteiger partial charge in [0.2, 0.25) is 0 Å². The topological polar surface area (TPSA) is 41.5 Å². The molecule has 3 aromatic carbocycles. The molecular formula is C29H32ClNO2S. The highest BCUT2D eigenvalue weighted by molar-refractivity contribution is 7.19. The van der Waals surface area contributed by atoms with Gasteiger partial charge >= 0.3 is 0 Å². The van der Waals surface area contributed by atoms with Crippen LogP contribution in [0.1, 0.15) is 43.2 Å². The lowest BCUT2D eigenvalue weighted by Gasteiger charge is -2.28. The molecule has 0 amide bonds. The zero-order chi connectivity index (χ0) is 23.7. The van der Waals surface area contributed by atoms with Crippen molar-refractivity contribution in [1.29, 1.82) is 0 Å². The lowest BCUT2D eigenvalue weighted by molar-refractivity contribution is -0.0195. The number of hydrogen-bond donors (Lipinski definition) is 2. The molecule has 178 valence electrons. The second-order valence-corrected chi connectivity index (χ2v) is 11.6. The van der Waals surface area contributed by atoms with Gasteiger partial charge in [-0.1, -0.05) is 72.3 Å². The van der Waals surface area contributed by atoms with E-state index in [0.29, 0.717) is 19.1 Å². The smallest absolute Gasteiger partial charge is 0.0961 e. The van der Waals surface area contributed by atoms with Crippen molar-refractivity contribution < 1.29 is 9.84 Å². The van der Waals surface area contributed by atoms with Crippen LogP contribution >= 0.6 is 22.9 Å². The summed E-state index contributed by atoms with van der Waals surface area (Å²) in [5.41, 5.74) is 1.14. The molecule has 2 unspecified atom stereocenters. The first-order valence-corrected chi connectivity index (χ1v) is 13.3. The maximum atomic E-state index is 10.7. The predicted molar refractivity (Wildman–Crippen MR) is 144 cm³/mol. The summed E-state index contributed by atoms with van der Waals surface area (Å²) in [7, 11) is 0. The third kappa shape index (κ3) is 5.48. The lowest BCUT2D eigenvalue weighted by atomic mass is 9.93. The van der Waals surface area contributed by atoms with Gasteiger partial charge in [0.05, 0.1) is 28.7 Å². The summed E-state index contributed by atoms with van der Waals surface area (Å²) in [5, 5.41) is 18.7. The standard InChI is InChI=1S/C29H32ClNO2S/c1-29(2,16-19-11-12-20-7-3-4-8-22(20)15-19)31-17-23(32)18-33-27(21-13-14-21)28-26(30)24-9-5-6-10-25(24)34-28/h3-12,15,21,23,27,31-32H,13-14,16-18H2,1-2H3. The molecule has 0 spiro atoms. The van der Waals surface area contributed by atoms with E-state index in [0.717, 1.165) is 34.5 Å². The Morgan fingerprint density at radius 1 is 1.06 bits per heavy atom. The summed E-state index contributed by atoms with van der Waals surface area (Å²) in [6.07, 6.45) is 2.58. The molecule has 34 heavy (non-hydrogen) atoms. The highest BCUT2D eigenvalue weighted by atomic mass is 35.5. The highest BCUT2D eigenvalue weighted by Crippen LogP contribution is 2.49. The maximum absolute atomic E-state index is 10.7. The number of aliphatic hydroxyl groups excluding tert-OH is 1. The predicted octanol–water partition coefficient (Wildman–Crippen LogP) is 7.15. The molecule has 0 saturated heterocycles. The van der Waals surface area contributed by atoms with Crippen molar-refractivity contribution >= 4 is 43.8 Å². The number of fused-ring (bicyclic) bond motifs is 2. The van der Waals surface area contributed by atoms with Crippen LogP contribution in [0.25, 0.3) is 20.9 Å². The molecule has 0 bridgehead atoms. The number of hydrogen-bond acceptors (Lipinski definition) is 4. The fourth-order valence-electron chi connectivity index (χ4n) is 4.63. The van der Waals surface area contributed by atoms with E-state index < -0.39 is 6.10 Å². The molecule has 1 fully saturated rings. The third-order valence-corrected chi connectivity index (χ3v) is 8.36. The number of rotatable bonds is 10. The van der Waals surface area contributed by atoms with Gasteiger partial charge in [0.25, 0.3) is 0 Å². The van der Waals surface area contributed by atoms with Gasteiger partial charge in [0.1, 0.15) is 0 Å². The number of ether oxygens (including phenoxy) is 1. The first-order chi connectivity index (χ1) is 16.4. The minimum Gasteiger partial charge on any atom is -0.389 e. The van der Waals surface area contributed by atoms with Crippen LogP contribution in [0, 0.1) is 5.92 Å². The molecule has 1 aromatic heterocycles. The summed E-state index contributed by atoms with van der Waals surface area (Å²) >= 11 is 8.45. The largest absolute Gasteiger partial charge is 0.389 e. The van der Waals surface area contributed by atoms with Crippen LogP contribution in [0.4, 0.5) is 0 Å². The molecule has 4 aromatic rings. The lowest BCUT2D eigenvalue weighted by Crippen LogP contribution is -2.46. The molecule has 3 nitrogen and oxygen atoms in total. The molecule has 2 N–H and O–H groups in total. The number of nitrogens with one attached hydrogen (secondary N) is 1. The summed E-state index contributed by atoms with van der Waals surface area (Å²) in [6.45, 7) is 5.14. The number of β-amino-alcohol motifs (C(OH)–C–C–N with tert-alkyl or cyclic N) is 1. The SMILES string of the molecule is CC(C)(Cc1ccc2ccccc2c1)NCC(O)COC(c1sc2ccccc2c1Cl)C1CC1. The van der Waals surface area contributed by atoms with Gasteiger partial charge in [-0.25, -0.2) is 0 Å². The number of benzene rings is 3. The van der Waals surface area contributed by atoms with Crippen molar-refractivity contribution in [2.45, 2.75) is 50.9 Å². The van der Waals surface area contributed by atoms with Crippen LogP contribution in [0.3, 0.4) is 0 Å². The Kier molecular flexibility index (Phi) is 6.97.